The molecule has 0 spiro atoms. The van der Waals surface area contributed by atoms with Crippen LogP contribution in [0.2, 0.25) is 0 Å². The van der Waals surface area contributed by atoms with Gasteiger partial charge in [0.2, 0.25) is 0 Å². The maximum atomic E-state index is 10.8. The molecule has 1 unspecified atom stereocenters. The number of ether oxygens (including phenoxy) is 1. The summed E-state index contributed by atoms with van der Waals surface area (Å²) in [4.78, 5) is 13.0. The molecular weight excluding hydrogens is 326 g/mol. The average molecular weight is 355 g/mol. The summed E-state index contributed by atoms with van der Waals surface area (Å²) in [5.41, 5.74) is 2.28. The van der Waals surface area contributed by atoms with Crippen molar-refractivity contribution in [3.05, 3.63) is 71.8 Å². The zero-order chi connectivity index (χ0) is 18.8. The molecule has 0 aliphatic heterocycles. The fourth-order valence-corrected chi connectivity index (χ4v) is 3.16. The Kier molecular flexibility index (Phi) is 8.32. The van der Waals surface area contributed by atoms with Crippen molar-refractivity contribution in [3.63, 3.8) is 0 Å². The van der Waals surface area contributed by atoms with Crippen LogP contribution in [-0.4, -0.2) is 42.2 Å². The predicted octanol–water partition coefficient (Wildman–Crippen LogP) is 4.37. The first kappa shape index (κ1) is 20.1. The van der Waals surface area contributed by atoms with Crippen molar-refractivity contribution in [2.24, 2.45) is 0 Å². The number of carboxylic acids is 1. The van der Waals surface area contributed by atoms with Gasteiger partial charge in [-0.05, 0) is 31.0 Å². The minimum absolute atomic E-state index is 0.0927. The fourth-order valence-electron chi connectivity index (χ4n) is 3.16. The van der Waals surface area contributed by atoms with Crippen LogP contribution in [0.25, 0.3) is 0 Å². The van der Waals surface area contributed by atoms with E-state index in [2.05, 4.69) is 36.1 Å². The Bertz CT molecular complexity index is 605. The first-order chi connectivity index (χ1) is 12.6. The van der Waals surface area contributed by atoms with E-state index in [9.17, 15) is 4.79 Å². The number of nitrogens with zero attached hydrogens (tertiary/aromatic N) is 1. The van der Waals surface area contributed by atoms with E-state index >= 15 is 0 Å². The van der Waals surface area contributed by atoms with Gasteiger partial charge < -0.3 is 14.7 Å². The Labute approximate surface area is 156 Å². The van der Waals surface area contributed by atoms with Gasteiger partial charge in [-0.2, -0.15) is 0 Å². The van der Waals surface area contributed by atoms with Crippen molar-refractivity contribution >= 4 is 5.97 Å². The Morgan fingerprint density at radius 1 is 1.04 bits per heavy atom. The molecule has 1 N–H and O–H groups in total. The summed E-state index contributed by atoms with van der Waals surface area (Å²) < 4.78 is 6.25. The van der Waals surface area contributed by atoms with E-state index in [0.717, 1.165) is 24.1 Å². The van der Waals surface area contributed by atoms with Crippen LogP contribution in [0.1, 0.15) is 43.4 Å². The van der Waals surface area contributed by atoms with Gasteiger partial charge in [-0.25, -0.2) is 0 Å². The SMILES string of the molecule is CCC(CCC(=O)O)N(C)CCOC(c1ccccc1)c1ccccc1. The van der Waals surface area contributed by atoms with Crippen molar-refractivity contribution in [1.82, 2.24) is 4.90 Å². The summed E-state index contributed by atoms with van der Waals surface area (Å²) in [5.74, 6) is -0.735. The van der Waals surface area contributed by atoms with Gasteiger partial charge in [0.1, 0.15) is 6.10 Å². The van der Waals surface area contributed by atoms with E-state index in [-0.39, 0.29) is 18.6 Å². The number of aliphatic carboxylic acids is 1. The topological polar surface area (TPSA) is 49.8 Å². The van der Waals surface area contributed by atoms with Crippen LogP contribution in [-0.2, 0) is 9.53 Å². The summed E-state index contributed by atoms with van der Waals surface area (Å²) in [6.07, 6.45) is 1.72. The Balaban J connectivity index is 1.96. The normalized spacial score (nSPS) is 12.5. The second kappa shape index (κ2) is 10.7. The van der Waals surface area contributed by atoms with Crippen LogP contribution in [0, 0.1) is 0 Å². The summed E-state index contributed by atoms with van der Waals surface area (Å²) >= 11 is 0. The lowest BCUT2D eigenvalue weighted by Crippen LogP contribution is -2.34. The van der Waals surface area contributed by atoms with Gasteiger partial charge in [-0.3, -0.25) is 4.79 Å². The van der Waals surface area contributed by atoms with Gasteiger partial charge in [0.05, 0.1) is 6.61 Å². The standard InChI is InChI=1S/C22H29NO3/c1-3-20(14-15-21(24)25)23(2)16-17-26-22(18-10-6-4-7-11-18)19-12-8-5-9-13-19/h4-13,20,22H,3,14-17H2,1-2H3,(H,24,25). The molecule has 0 aromatic heterocycles. The van der Waals surface area contributed by atoms with Crippen molar-refractivity contribution < 1.29 is 14.6 Å². The molecule has 1 atom stereocenters. The third kappa shape index (κ3) is 6.28. The molecule has 0 fully saturated rings. The van der Waals surface area contributed by atoms with Gasteiger partial charge >= 0.3 is 5.97 Å². The average Bonchev–Trinajstić information content (AvgIpc) is 2.67. The summed E-state index contributed by atoms with van der Waals surface area (Å²) in [6, 6.07) is 20.7. The number of likely N-dealkylation sites (N-methyl/N-ethyl adjacent to an activating group) is 1. The molecule has 2 aromatic rings. The zero-order valence-corrected chi connectivity index (χ0v) is 15.7. The van der Waals surface area contributed by atoms with E-state index in [1.807, 2.05) is 43.4 Å². The number of rotatable bonds is 11. The van der Waals surface area contributed by atoms with Crippen molar-refractivity contribution in [2.75, 3.05) is 20.2 Å². The maximum absolute atomic E-state index is 10.8. The first-order valence-corrected chi connectivity index (χ1v) is 9.25. The molecule has 140 valence electrons. The van der Waals surface area contributed by atoms with E-state index in [1.54, 1.807) is 0 Å². The largest absolute Gasteiger partial charge is 0.481 e. The highest BCUT2D eigenvalue weighted by Gasteiger charge is 2.17. The molecule has 2 rings (SSSR count). The van der Waals surface area contributed by atoms with Crippen LogP contribution in [0.3, 0.4) is 0 Å². The Morgan fingerprint density at radius 2 is 1.58 bits per heavy atom. The van der Waals surface area contributed by atoms with Gasteiger partial charge in [-0.1, -0.05) is 67.6 Å². The minimum Gasteiger partial charge on any atom is -0.481 e. The third-order valence-corrected chi connectivity index (χ3v) is 4.72. The van der Waals surface area contributed by atoms with Crippen LogP contribution >= 0.6 is 0 Å². The quantitative estimate of drug-likeness (QED) is 0.650. The zero-order valence-electron chi connectivity index (χ0n) is 15.7. The lowest BCUT2D eigenvalue weighted by Gasteiger charge is -2.28. The number of carboxylic acid groups (broad SMARTS) is 1. The first-order valence-electron chi connectivity index (χ1n) is 9.25. The van der Waals surface area contributed by atoms with Gasteiger partial charge in [0.25, 0.3) is 0 Å². The molecule has 4 heteroatoms. The summed E-state index contributed by atoms with van der Waals surface area (Å²) in [7, 11) is 2.04. The monoisotopic (exact) mass is 355 g/mol. The molecule has 0 radical (unpaired) electrons. The molecule has 4 nitrogen and oxygen atoms in total. The second-order valence-electron chi connectivity index (χ2n) is 6.55. The highest BCUT2D eigenvalue weighted by Crippen LogP contribution is 2.25. The van der Waals surface area contributed by atoms with Crippen molar-refractivity contribution in [2.45, 2.75) is 38.3 Å². The number of hydrogen-bond donors (Lipinski definition) is 1. The van der Waals surface area contributed by atoms with Crippen LogP contribution in [0.5, 0.6) is 0 Å². The Hall–Kier alpha value is -2.17. The van der Waals surface area contributed by atoms with E-state index < -0.39 is 5.97 Å². The highest BCUT2D eigenvalue weighted by molar-refractivity contribution is 5.66. The molecule has 26 heavy (non-hydrogen) atoms. The Morgan fingerprint density at radius 3 is 2.04 bits per heavy atom. The van der Waals surface area contributed by atoms with E-state index in [4.69, 9.17) is 9.84 Å². The second-order valence-corrected chi connectivity index (χ2v) is 6.55. The van der Waals surface area contributed by atoms with Gasteiger partial charge in [0.15, 0.2) is 0 Å². The molecule has 2 aromatic carbocycles. The van der Waals surface area contributed by atoms with Gasteiger partial charge in [-0.15, -0.1) is 0 Å². The van der Waals surface area contributed by atoms with Crippen molar-refractivity contribution in [3.8, 4) is 0 Å². The van der Waals surface area contributed by atoms with Crippen LogP contribution < -0.4 is 0 Å². The highest BCUT2D eigenvalue weighted by atomic mass is 16.5. The van der Waals surface area contributed by atoms with E-state index in [0.29, 0.717) is 13.0 Å². The molecule has 0 heterocycles. The molecule has 0 aliphatic rings. The minimum atomic E-state index is -0.735. The van der Waals surface area contributed by atoms with Crippen LogP contribution in [0.15, 0.2) is 60.7 Å². The summed E-state index contributed by atoms with van der Waals surface area (Å²) in [5, 5.41) is 8.90. The molecule has 0 aliphatic carbocycles. The smallest absolute Gasteiger partial charge is 0.303 e. The molecule has 0 saturated heterocycles. The predicted molar refractivity (Wildman–Crippen MR) is 104 cm³/mol. The molecule has 0 bridgehead atoms. The third-order valence-electron chi connectivity index (χ3n) is 4.72. The fraction of sp³-hybridized carbons (Fsp3) is 0.409. The number of carbonyl (C=O) groups is 1. The maximum Gasteiger partial charge on any atom is 0.303 e. The molecule has 0 amide bonds. The van der Waals surface area contributed by atoms with E-state index in [1.165, 1.54) is 0 Å². The van der Waals surface area contributed by atoms with Gasteiger partial charge in [0, 0.05) is 19.0 Å². The summed E-state index contributed by atoms with van der Waals surface area (Å²) in [6.45, 7) is 3.46. The lowest BCUT2D eigenvalue weighted by molar-refractivity contribution is -0.137. The molecule has 0 saturated carbocycles. The van der Waals surface area contributed by atoms with Crippen molar-refractivity contribution in [1.29, 1.82) is 0 Å². The van der Waals surface area contributed by atoms with Crippen LogP contribution in [0.4, 0.5) is 0 Å². The number of hydrogen-bond acceptors (Lipinski definition) is 3. The molecular formula is C22H29NO3. The lowest BCUT2D eigenvalue weighted by atomic mass is 10.0. The number of benzene rings is 2.